The first kappa shape index (κ1) is 15.6. The molecular formula is C17H23N3O. The van der Waals surface area contributed by atoms with Crippen LogP contribution in [0.5, 0.6) is 0 Å². The Labute approximate surface area is 126 Å². The molecule has 1 aromatic rings. The minimum Gasteiger partial charge on any atom is -0.348 e. The number of aryl methyl sites for hydroxylation is 1. The fourth-order valence-corrected chi connectivity index (χ4v) is 2.64. The highest BCUT2D eigenvalue weighted by Gasteiger charge is 2.19. The SMILES string of the molecule is Cc1cc(C(=O)NC2CCCN(C)C2)ccc1C#CCN. The molecule has 0 bridgehead atoms. The topological polar surface area (TPSA) is 58.4 Å². The zero-order chi connectivity index (χ0) is 15.2. The van der Waals surface area contributed by atoms with Gasteiger partial charge in [0.15, 0.2) is 0 Å². The van der Waals surface area contributed by atoms with E-state index >= 15 is 0 Å². The van der Waals surface area contributed by atoms with Crippen molar-refractivity contribution in [2.75, 3.05) is 26.7 Å². The monoisotopic (exact) mass is 285 g/mol. The molecule has 1 aromatic carbocycles. The molecule has 4 nitrogen and oxygen atoms in total. The second-order valence-corrected chi connectivity index (χ2v) is 5.61. The predicted octanol–water partition coefficient (Wildman–Crippen LogP) is 1.13. The highest BCUT2D eigenvalue weighted by molar-refractivity contribution is 5.94. The van der Waals surface area contributed by atoms with Crippen molar-refractivity contribution in [3.8, 4) is 11.8 Å². The number of nitrogens with two attached hydrogens (primary N) is 1. The van der Waals surface area contributed by atoms with Crippen molar-refractivity contribution in [2.24, 2.45) is 5.73 Å². The van der Waals surface area contributed by atoms with E-state index in [0.29, 0.717) is 12.1 Å². The fraction of sp³-hybridized carbons (Fsp3) is 0.471. The lowest BCUT2D eigenvalue weighted by atomic mass is 10.0. The van der Waals surface area contributed by atoms with E-state index in [1.165, 1.54) is 0 Å². The van der Waals surface area contributed by atoms with Crippen LogP contribution < -0.4 is 11.1 Å². The molecule has 1 unspecified atom stereocenters. The Hall–Kier alpha value is -1.83. The first-order valence-corrected chi connectivity index (χ1v) is 7.39. The Morgan fingerprint density at radius 2 is 2.33 bits per heavy atom. The van der Waals surface area contributed by atoms with Crippen molar-refractivity contribution in [1.29, 1.82) is 0 Å². The van der Waals surface area contributed by atoms with E-state index in [4.69, 9.17) is 5.73 Å². The maximum atomic E-state index is 12.3. The number of nitrogens with zero attached hydrogens (tertiary/aromatic N) is 1. The van der Waals surface area contributed by atoms with Crippen molar-refractivity contribution >= 4 is 5.91 Å². The Bertz CT molecular complexity index is 571. The summed E-state index contributed by atoms with van der Waals surface area (Å²) in [5.74, 6) is 5.85. The van der Waals surface area contributed by atoms with Gasteiger partial charge in [0.25, 0.3) is 5.91 Å². The highest BCUT2D eigenvalue weighted by Crippen LogP contribution is 2.12. The average molecular weight is 285 g/mol. The summed E-state index contributed by atoms with van der Waals surface area (Å²) >= 11 is 0. The van der Waals surface area contributed by atoms with Gasteiger partial charge < -0.3 is 16.0 Å². The largest absolute Gasteiger partial charge is 0.348 e. The molecule has 3 N–H and O–H groups in total. The lowest BCUT2D eigenvalue weighted by Gasteiger charge is -2.30. The summed E-state index contributed by atoms with van der Waals surface area (Å²) in [5, 5.41) is 3.12. The summed E-state index contributed by atoms with van der Waals surface area (Å²) in [4.78, 5) is 14.6. The summed E-state index contributed by atoms with van der Waals surface area (Å²) in [5.41, 5.74) is 8.00. The van der Waals surface area contributed by atoms with E-state index in [-0.39, 0.29) is 11.9 Å². The summed E-state index contributed by atoms with van der Waals surface area (Å²) in [6, 6.07) is 5.85. The fourth-order valence-electron chi connectivity index (χ4n) is 2.64. The molecule has 1 atom stereocenters. The summed E-state index contributed by atoms with van der Waals surface area (Å²) in [7, 11) is 2.09. The van der Waals surface area contributed by atoms with Crippen LogP contribution in [0.2, 0.25) is 0 Å². The van der Waals surface area contributed by atoms with Crippen molar-refractivity contribution in [1.82, 2.24) is 10.2 Å². The quantitative estimate of drug-likeness (QED) is 0.801. The van der Waals surface area contributed by atoms with E-state index < -0.39 is 0 Å². The highest BCUT2D eigenvalue weighted by atomic mass is 16.1. The Balaban J connectivity index is 2.04. The molecule has 1 aliphatic rings. The van der Waals surface area contributed by atoms with Crippen LogP contribution in [0.1, 0.15) is 34.3 Å². The van der Waals surface area contributed by atoms with Gasteiger partial charge in [-0.1, -0.05) is 11.8 Å². The van der Waals surface area contributed by atoms with E-state index in [1.807, 2.05) is 25.1 Å². The van der Waals surface area contributed by atoms with Crippen molar-refractivity contribution in [3.05, 3.63) is 34.9 Å². The first-order valence-electron chi connectivity index (χ1n) is 7.39. The number of piperidine rings is 1. The molecule has 112 valence electrons. The number of hydrogen-bond acceptors (Lipinski definition) is 3. The number of nitrogens with one attached hydrogen (secondary N) is 1. The molecule has 0 aliphatic carbocycles. The van der Waals surface area contributed by atoms with Gasteiger partial charge in [0.05, 0.1) is 6.54 Å². The minimum atomic E-state index is -0.00302. The van der Waals surface area contributed by atoms with Crippen molar-refractivity contribution < 1.29 is 4.79 Å². The maximum absolute atomic E-state index is 12.3. The molecule has 4 heteroatoms. The number of carbonyl (C=O) groups excluding carboxylic acids is 1. The number of carbonyl (C=O) groups is 1. The van der Waals surface area contributed by atoms with Crippen LogP contribution in [0.3, 0.4) is 0 Å². The van der Waals surface area contributed by atoms with Crippen molar-refractivity contribution in [3.63, 3.8) is 0 Å². The van der Waals surface area contributed by atoms with Crippen LogP contribution in [0, 0.1) is 18.8 Å². The molecule has 1 fully saturated rings. The Morgan fingerprint density at radius 1 is 1.52 bits per heavy atom. The van der Waals surface area contributed by atoms with Crippen LogP contribution in [-0.4, -0.2) is 43.5 Å². The van der Waals surface area contributed by atoms with Crippen LogP contribution in [0.4, 0.5) is 0 Å². The third-order valence-corrected chi connectivity index (χ3v) is 3.77. The molecule has 1 heterocycles. The lowest BCUT2D eigenvalue weighted by molar-refractivity contribution is 0.0912. The van der Waals surface area contributed by atoms with Gasteiger partial charge in [-0.3, -0.25) is 4.79 Å². The molecule has 21 heavy (non-hydrogen) atoms. The van der Waals surface area contributed by atoms with Gasteiger partial charge >= 0.3 is 0 Å². The van der Waals surface area contributed by atoms with Gasteiger partial charge in [-0.25, -0.2) is 0 Å². The van der Waals surface area contributed by atoms with E-state index in [9.17, 15) is 4.79 Å². The van der Waals surface area contributed by atoms with Crippen LogP contribution in [-0.2, 0) is 0 Å². The second-order valence-electron chi connectivity index (χ2n) is 5.61. The van der Waals surface area contributed by atoms with Gasteiger partial charge in [-0.2, -0.15) is 0 Å². The minimum absolute atomic E-state index is 0.00302. The Kier molecular flexibility index (Phi) is 5.38. The normalized spacial score (nSPS) is 18.7. The molecule has 1 aliphatic heterocycles. The van der Waals surface area contributed by atoms with Crippen molar-refractivity contribution in [2.45, 2.75) is 25.8 Å². The predicted molar refractivity (Wildman–Crippen MR) is 85.1 cm³/mol. The smallest absolute Gasteiger partial charge is 0.251 e. The molecule has 2 rings (SSSR count). The molecule has 1 amide bonds. The molecule has 0 saturated carbocycles. The van der Waals surface area contributed by atoms with E-state index in [1.54, 1.807) is 0 Å². The maximum Gasteiger partial charge on any atom is 0.251 e. The van der Waals surface area contributed by atoms with Crippen LogP contribution >= 0.6 is 0 Å². The van der Waals surface area contributed by atoms with Gasteiger partial charge in [0.2, 0.25) is 0 Å². The third-order valence-electron chi connectivity index (χ3n) is 3.77. The summed E-state index contributed by atoms with van der Waals surface area (Å²) in [6.07, 6.45) is 2.18. The molecule has 0 spiro atoms. The lowest BCUT2D eigenvalue weighted by Crippen LogP contribution is -2.46. The number of hydrogen-bond donors (Lipinski definition) is 2. The molecular weight excluding hydrogens is 262 g/mol. The molecule has 0 aromatic heterocycles. The Morgan fingerprint density at radius 3 is 3.00 bits per heavy atom. The van der Waals surface area contributed by atoms with E-state index in [2.05, 4.69) is 29.1 Å². The molecule has 0 radical (unpaired) electrons. The average Bonchev–Trinajstić information content (AvgIpc) is 2.46. The second kappa shape index (κ2) is 7.26. The number of rotatable bonds is 2. The van der Waals surface area contributed by atoms with E-state index in [0.717, 1.165) is 37.1 Å². The summed E-state index contributed by atoms with van der Waals surface area (Å²) < 4.78 is 0. The zero-order valence-corrected chi connectivity index (χ0v) is 12.8. The summed E-state index contributed by atoms with van der Waals surface area (Å²) in [6.45, 7) is 4.34. The number of likely N-dealkylation sites (tertiary alicyclic amines) is 1. The van der Waals surface area contributed by atoms with Gasteiger partial charge in [0.1, 0.15) is 0 Å². The third kappa shape index (κ3) is 4.32. The van der Waals surface area contributed by atoms with Gasteiger partial charge in [-0.05, 0) is 57.1 Å². The standard InChI is InChI=1S/C17H23N3O/c1-13-11-15(8-7-14(13)5-3-9-18)17(21)19-16-6-4-10-20(2)12-16/h7-8,11,16H,4,6,9-10,12,18H2,1-2H3,(H,19,21). The van der Waals surface area contributed by atoms with Gasteiger partial charge in [0, 0.05) is 23.7 Å². The van der Waals surface area contributed by atoms with Crippen LogP contribution in [0.15, 0.2) is 18.2 Å². The number of likely N-dealkylation sites (N-methyl/N-ethyl adjacent to an activating group) is 1. The molecule has 1 saturated heterocycles. The number of amides is 1. The first-order chi connectivity index (χ1) is 10.1. The van der Waals surface area contributed by atoms with Gasteiger partial charge in [-0.15, -0.1) is 0 Å². The zero-order valence-electron chi connectivity index (χ0n) is 12.8. The van der Waals surface area contributed by atoms with Crippen LogP contribution in [0.25, 0.3) is 0 Å². The number of benzene rings is 1.